The Kier molecular flexibility index (Phi) is 2.30. The molecule has 14 heavy (non-hydrogen) atoms. The Morgan fingerprint density at radius 1 is 1.64 bits per heavy atom. The normalized spacial score (nSPS) is 21.0. The minimum atomic E-state index is -0.421. The van der Waals surface area contributed by atoms with Gasteiger partial charge >= 0.3 is 5.69 Å². The molecule has 0 aliphatic heterocycles. The van der Waals surface area contributed by atoms with Gasteiger partial charge in [-0.15, -0.1) is 0 Å². The van der Waals surface area contributed by atoms with Crippen molar-refractivity contribution in [3.05, 3.63) is 34.7 Å². The van der Waals surface area contributed by atoms with Crippen LogP contribution in [0.4, 0.5) is 5.69 Å². The number of nitrogens with zero attached hydrogens (tertiary/aromatic N) is 3. The molecule has 0 spiro atoms. The third-order valence-corrected chi connectivity index (χ3v) is 2.37. The molecule has 1 aromatic heterocycles. The second-order valence-corrected chi connectivity index (χ2v) is 3.36. The summed E-state index contributed by atoms with van der Waals surface area (Å²) in [6.45, 7) is 0. The SMILES string of the molecule is O=[N+]([O-])c1cnn(C2C=CCCC2)c1. The smallest absolute Gasteiger partial charge is 0.259 e. The van der Waals surface area contributed by atoms with Gasteiger partial charge in [-0.3, -0.25) is 14.8 Å². The van der Waals surface area contributed by atoms with E-state index in [1.54, 1.807) is 4.68 Å². The minimum absolute atomic E-state index is 0.0592. The fourth-order valence-corrected chi connectivity index (χ4v) is 1.62. The van der Waals surface area contributed by atoms with Gasteiger partial charge in [0.05, 0.1) is 11.0 Å². The van der Waals surface area contributed by atoms with Crippen LogP contribution in [0.1, 0.15) is 25.3 Å². The van der Waals surface area contributed by atoms with Crippen LogP contribution in [0.5, 0.6) is 0 Å². The zero-order valence-electron chi connectivity index (χ0n) is 7.67. The maximum atomic E-state index is 10.4. The molecule has 0 N–H and O–H groups in total. The van der Waals surface area contributed by atoms with Crippen LogP contribution in [0.15, 0.2) is 24.5 Å². The Labute approximate surface area is 81.2 Å². The van der Waals surface area contributed by atoms with Gasteiger partial charge in [-0.05, 0) is 19.3 Å². The van der Waals surface area contributed by atoms with Gasteiger partial charge in [-0.25, -0.2) is 0 Å². The van der Waals surface area contributed by atoms with E-state index < -0.39 is 4.92 Å². The first kappa shape index (κ1) is 8.93. The summed E-state index contributed by atoms with van der Waals surface area (Å²) >= 11 is 0. The molecular weight excluding hydrogens is 182 g/mol. The van der Waals surface area contributed by atoms with Gasteiger partial charge in [-0.2, -0.15) is 5.10 Å². The van der Waals surface area contributed by atoms with Crippen molar-refractivity contribution in [3.8, 4) is 0 Å². The third-order valence-electron chi connectivity index (χ3n) is 2.37. The topological polar surface area (TPSA) is 61.0 Å². The van der Waals surface area contributed by atoms with E-state index in [1.165, 1.54) is 12.4 Å². The number of rotatable bonds is 2. The van der Waals surface area contributed by atoms with Crippen LogP contribution < -0.4 is 0 Å². The Hall–Kier alpha value is -1.65. The van der Waals surface area contributed by atoms with Gasteiger partial charge < -0.3 is 0 Å². The maximum Gasteiger partial charge on any atom is 0.307 e. The lowest BCUT2D eigenvalue weighted by molar-refractivity contribution is -0.385. The molecule has 0 amide bonds. The second kappa shape index (κ2) is 3.61. The lowest BCUT2D eigenvalue weighted by atomic mass is 10.0. The van der Waals surface area contributed by atoms with E-state index in [1.807, 2.05) is 0 Å². The van der Waals surface area contributed by atoms with Crippen molar-refractivity contribution in [2.24, 2.45) is 0 Å². The number of allylic oxidation sites excluding steroid dienone is 2. The molecule has 74 valence electrons. The van der Waals surface area contributed by atoms with Crippen molar-refractivity contribution >= 4 is 5.69 Å². The van der Waals surface area contributed by atoms with Crippen LogP contribution in [0, 0.1) is 10.1 Å². The molecule has 1 aliphatic rings. The van der Waals surface area contributed by atoms with Crippen LogP contribution >= 0.6 is 0 Å². The fraction of sp³-hybridized carbons (Fsp3) is 0.444. The number of aromatic nitrogens is 2. The number of nitro groups is 1. The zero-order chi connectivity index (χ0) is 9.97. The van der Waals surface area contributed by atoms with Gasteiger partial charge in [0.25, 0.3) is 0 Å². The summed E-state index contributed by atoms with van der Waals surface area (Å²) in [7, 11) is 0. The van der Waals surface area contributed by atoms with Crippen molar-refractivity contribution in [1.82, 2.24) is 9.78 Å². The lowest BCUT2D eigenvalue weighted by Gasteiger charge is -2.15. The standard InChI is InChI=1S/C9H11N3O2/c13-12(14)9-6-10-11(7-9)8-4-2-1-3-5-8/h2,4,6-8H,1,3,5H2. The highest BCUT2D eigenvalue weighted by Crippen LogP contribution is 2.22. The average molecular weight is 193 g/mol. The summed E-state index contributed by atoms with van der Waals surface area (Å²) in [6.07, 6.45) is 10.2. The van der Waals surface area contributed by atoms with Crippen LogP contribution in [-0.4, -0.2) is 14.7 Å². The van der Waals surface area contributed by atoms with Crippen LogP contribution in [-0.2, 0) is 0 Å². The second-order valence-electron chi connectivity index (χ2n) is 3.36. The highest BCUT2D eigenvalue weighted by Gasteiger charge is 2.15. The monoisotopic (exact) mass is 193 g/mol. The Bertz CT molecular complexity index is 370. The highest BCUT2D eigenvalue weighted by molar-refractivity contribution is 5.21. The van der Waals surface area contributed by atoms with E-state index in [-0.39, 0.29) is 11.7 Å². The first-order chi connectivity index (χ1) is 6.77. The predicted octanol–water partition coefficient (Wildman–Crippen LogP) is 2.07. The summed E-state index contributed by atoms with van der Waals surface area (Å²) in [4.78, 5) is 10.0. The minimum Gasteiger partial charge on any atom is -0.259 e. The van der Waals surface area contributed by atoms with E-state index >= 15 is 0 Å². The fourth-order valence-electron chi connectivity index (χ4n) is 1.62. The Morgan fingerprint density at radius 2 is 2.50 bits per heavy atom. The first-order valence-electron chi connectivity index (χ1n) is 4.62. The lowest BCUT2D eigenvalue weighted by Crippen LogP contribution is -2.09. The summed E-state index contributed by atoms with van der Waals surface area (Å²) < 4.78 is 1.66. The third kappa shape index (κ3) is 1.66. The van der Waals surface area contributed by atoms with Crippen molar-refractivity contribution in [3.63, 3.8) is 0 Å². The molecule has 5 heteroatoms. The van der Waals surface area contributed by atoms with Crippen LogP contribution in [0.3, 0.4) is 0 Å². The molecule has 0 saturated heterocycles. The van der Waals surface area contributed by atoms with Crippen molar-refractivity contribution in [2.45, 2.75) is 25.3 Å². The molecule has 0 saturated carbocycles. The molecule has 1 aliphatic carbocycles. The van der Waals surface area contributed by atoms with Crippen molar-refractivity contribution < 1.29 is 4.92 Å². The van der Waals surface area contributed by atoms with E-state index in [0.29, 0.717) is 0 Å². The molecule has 0 bridgehead atoms. The molecule has 0 radical (unpaired) electrons. The van der Waals surface area contributed by atoms with Gasteiger partial charge in [0, 0.05) is 0 Å². The van der Waals surface area contributed by atoms with Gasteiger partial charge in [0.2, 0.25) is 0 Å². The van der Waals surface area contributed by atoms with E-state index in [9.17, 15) is 10.1 Å². The van der Waals surface area contributed by atoms with E-state index in [4.69, 9.17) is 0 Å². The first-order valence-corrected chi connectivity index (χ1v) is 4.62. The van der Waals surface area contributed by atoms with Crippen LogP contribution in [0.2, 0.25) is 0 Å². The molecular formula is C9H11N3O2. The van der Waals surface area contributed by atoms with Gasteiger partial charge in [0.15, 0.2) is 0 Å². The number of hydrogen-bond donors (Lipinski definition) is 0. The average Bonchev–Trinajstić information content (AvgIpc) is 2.68. The van der Waals surface area contributed by atoms with Crippen LogP contribution in [0.25, 0.3) is 0 Å². The molecule has 2 rings (SSSR count). The van der Waals surface area contributed by atoms with Crippen molar-refractivity contribution in [2.75, 3.05) is 0 Å². The molecule has 1 unspecified atom stereocenters. The highest BCUT2D eigenvalue weighted by atomic mass is 16.6. The number of hydrogen-bond acceptors (Lipinski definition) is 3. The molecule has 1 aromatic rings. The molecule has 0 fully saturated rings. The summed E-state index contributed by atoms with van der Waals surface area (Å²) in [5, 5.41) is 14.4. The maximum absolute atomic E-state index is 10.4. The Morgan fingerprint density at radius 3 is 3.07 bits per heavy atom. The van der Waals surface area contributed by atoms with Gasteiger partial charge in [0.1, 0.15) is 12.4 Å². The summed E-state index contributed by atoms with van der Waals surface area (Å²) in [5.74, 6) is 0. The van der Waals surface area contributed by atoms with Crippen molar-refractivity contribution in [1.29, 1.82) is 0 Å². The Balaban J connectivity index is 2.19. The molecule has 1 heterocycles. The molecule has 5 nitrogen and oxygen atoms in total. The largest absolute Gasteiger partial charge is 0.307 e. The van der Waals surface area contributed by atoms with Gasteiger partial charge in [-0.1, -0.05) is 12.2 Å². The van der Waals surface area contributed by atoms with E-state index in [0.717, 1.165) is 19.3 Å². The zero-order valence-corrected chi connectivity index (χ0v) is 7.67. The molecule has 0 aromatic carbocycles. The predicted molar refractivity (Wildman–Crippen MR) is 50.9 cm³/mol. The summed E-state index contributed by atoms with van der Waals surface area (Å²) in [5.41, 5.74) is 0.0592. The summed E-state index contributed by atoms with van der Waals surface area (Å²) in [6, 6.07) is 0.192. The quantitative estimate of drug-likeness (QED) is 0.410. The molecule has 1 atom stereocenters. The van der Waals surface area contributed by atoms with E-state index in [2.05, 4.69) is 17.3 Å².